The molecule has 128 valence electrons. The van der Waals surface area contributed by atoms with Crippen LogP contribution in [-0.4, -0.2) is 38.5 Å². The molecule has 1 aliphatic heterocycles. The lowest BCUT2D eigenvalue weighted by Gasteiger charge is -2.16. The molecule has 1 N–H and O–H groups in total. The van der Waals surface area contributed by atoms with Gasteiger partial charge in [-0.3, -0.25) is 4.79 Å². The third-order valence-corrected chi connectivity index (χ3v) is 5.31. The van der Waals surface area contributed by atoms with E-state index in [-0.39, 0.29) is 5.91 Å². The Morgan fingerprint density at radius 2 is 1.96 bits per heavy atom. The van der Waals surface area contributed by atoms with Crippen LogP contribution in [0, 0.1) is 6.92 Å². The smallest absolute Gasteiger partial charge is 0.268 e. The minimum atomic E-state index is -0.195. The zero-order chi connectivity index (χ0) is 17.2. The van der Waals surface area contributed by atoms with Crippen molar-refractivity contribution in [1.82, 2.24) is 19.5 Å². The third-order valence-electron chi connectivity index (χ3n) is 4.14. The first-order chi connectivity index (χ1) is 12.2. The van der Waals surface area contributed by atoms with Crippen LogP contribution in [0.2, 0.25) is 0 Å². The van der Waals surface area contributed by atoms with Crippen molar-refractivity contribution in [2.24, 2.45) is 0 Å². The average molecular weight is 354 g/mol. The first-order valence-electron chi connectivity index (χ1n) is 8.20. The molecular weight excluding hydrogens is 336 g/mol. The highest BCUT2D eigenvalue weighted by atomic mass is 32.1. The maximum atomic E-state index is 12.6. The van der Waals surface area contributed by atoms with Crippen molar-refractivity contribution in [2.75, 3.05) is 23.3 Å². The molecule has 3 aromatic heterocycles. The van der Waals surface area contributed by atoms with Gasteiger partial charge in [0.2, 0.25) is 0 Å². The predicted octanol–water partition coefficient (Wildman–Crippen LogP) is 2.88. The van der Waals surface area contributed by atoms with Crippen LogP contribution in [0.3, 0.4) is 0 Å². The zero-order valence-electron chi connectivity index (χ0n) is 13.8. The maximum absolute atomic E-state index is 12.6. The lowest BCUT2D eigenvalue weighted by Crippen LogP contribution is -2.20. The van der Waals surface area contributed by atoms with Gasteiger partial charge in [0.05, 0.1) is 5.69 Å². The fourth-order valence-corrected chi connectivity index (χ4v) is 3.80. The van der Waals surface area contributed by atoms with Gasteiger partial charge in [-0.25, -0.2) is 15.0 Å². The van der Waals surface area contributed by atoms with Gasteiger partial charge in [0, 0.05) is 31.5 Å². The van der Waals surface area contributed by atoms with E-state index in [4.69, 9.17) is 0 Å². The molecule has 0 atom stereocenters. The summed E-state index contributed by atoms with van der Waals surface area (Å²) in [7, 11) is 0. The van der Waals surface area contributed by atoms with E-state index in [0.29, 0.717) is 16.4 Å². The number of thiazole rings is 1. The van der Waals surface area contributed by atoms with E-state index in [1.165, 1.54) is 30.5 Å². The summed E-state index contributed by atoms with van der Waals surface area (Å²) in [4.78, 5) is 28.4. The Balaban J connectivity index is 1.53. The molecule has 4 heterocycles. The Kier molecular flexibility index (Phi) is 4.19. The SMILES string of the molecule is Cc1nc(-n2cccc2)sc1C(=O)Nc1cc(N2CCCC2)ncn1. The molecule has 0 aromatic carbocycles. The Hall–Kier alpha value is -2.74. The summed E-state index contributed by atoms with van der Waals surface area (Å²) in [6.07, 6.45) is 7.66. The molecule has 3 aromatic rings. The molecule has 0 bridgehead atoms. The second kappa shape index (κ2) is 6.64. The van der Waals surface area contributed by atoms with Gasteiger partial charge < -0.3 is 14.8 Å². The molecular formula is C17H18N6OS. The molecule has 0 saturated carbocycles. The monoisotopic (exact) mass is 354 g/mol. The van der Waals surface area contributed by atoms with E-state index in [1.54, 1.807) is 0 Å². The van der Waals surface area contributed by atoms with E-state index in [9.17, 15) is 4.79 Å². The van der Waals surface area contributed by atoms with Crippen molar-refractivity contribution >= 4 is 28.9 Å². The van der Waals surface area contributed by atoms with Crippen molar-refractivity contribution in [3.05, 3.63) is 47.5 Å². The van der Waals surface area contributed by atoms with E-state index >= 15 is 0 Å². The fourth-order valence-electron chi connectivity index (χ4n) is 2.87. The molecule has 8 heteroatoms. The van der Waals surface area contributed by atoms with Crippen molar-refractivity contribution in [3.8, 4) is 5.13 Å². The first-order valence-corrected chi connectivity index (χ1v) is 9.01. The van der Waals surface area contributed by atoms with Gasteiger partial charge in [0.1, 0.15) is 22.8 Å². The number of nitrogens with one attached hydrogen (secondary N) is 1. The van der Waals surface area contributed by atoms with Crippen LogP contribution in [0.25, 0.3) is 5.13 Å². The maximum Gasteiger partial charge on any atom is 0.268 e. The molecule has 0 radical (unpaired) electrons. The number of aryl methyl sites for hydroxylation is 1. The minimum Gasteiger partial charge on any atom is -0.356 e. The summed E-state index contributed by atoms with van der Waals surface area (Å²) >= 11 is 1.36. The van der Waals surface area contributed by atoms with Gasteiger partial charge >= 0.3 is 0 Å². The topological polar surface area (TPSA) is 75.9 Å². The van der Waals surface area contributed by atoms with Gasteiger partial charge in [-0.05, 0) is 31.9 Å². The summed E-state index contributed by atoms with van der Waals surface area (Å²) in [6.45, 7) is 3.84. The molecule has 7 nitrogen and oxygen atoms in total. The van der Waals surface area contributed by atoms with Gasteiger partial charge in [-0.2, -0.15) is 0 Å². The van der Waals surface area contributed by atoms with Crippen molar-refractivity contribution in [3.63, 3.8) is 0 Å². The molecule has 1 aliphatic rings. The highest BCUT2D eigenvalue weighted by molar-refractivity contribution is 7.16. The highest BCUT2D eigenvalue weighted by Gasteiger charge is 2.18. The number of hydrogen-bond donors (Lipinski definition) is 1. The Morgan fingerprint density at radius 1 is 1.20 bits per heavy atom. The van der Waals surface area contributed by atoms with Crippen LogP contribution in [0.1, 0.15) is 28.2 Å². The molecule has 25 heavy (non-hydrogen) atoms. The van der Waals surface area contributed by atoms with Gasteiger partial charge in [0.15, 0.2) is 5.13 Å². The number of carbonyl (C=O) groups is 1. The fraction of sp³-hybridized carbons (Fsp3) is 0.294. The lowest BCUT2D eigenvalue weighted by atomic mass is 10.3. The molecule has 4 rings (SSSR count). The van der Waals surface area contributed by atoms with Crippen LogP contribution < -0.4 is 10.2 Å². The van der Waals surface area contributed by atoms with Crippen molar-refractivity contribution in [2.45, 2.75) is 19.8 Å². The second-order valence-electron chi connectivity index (χ2n) is 5.91. The average Bonchev–Trinajstić information content (AvgIpc) is 3.36. The van der Waals surface area contributed by atoms with E-state index in [1.807, 2.05) is 42.1 Å². The Morgan fingerprint density at radius 3 is 2.72 bits per heavy atom. The Labute approximate surface area is 149 Å². The molecule has 0 aliphatic carbocycles. The number of amides is 1. The van der Waals surface area contributed by atoms with E-state index < -0.39 is 0 Å². The highest BCUT2D eigenvalue weighted by Crippen LogP contribution is 2.24. The number of rotatable bonds is 4. The molecule has 1 fully saturated rings. The minimum absolute atomic E-state index is 0.195. The van der Waals surface area contributed by atoms with Crippen LogP contribution in [0.4, 0.5) is 11.6 Å². The molecule has 0 unspecified atom stereocenters. The number of anilines is 2. The predicted molar refractivity (Wildman–Crippen MR) is 97.6 cm³/mol. The third kappa shape index (κ3) is 3.25. The van der Waals surface area contributed by atoms with E-state index in [0.717, 1.165) is 24.0 Å². The first kappa shape index (κ1) is 15.8. The van der Waals surface area contributed by atoms with Gasteiger partial charge in [0.25, 0.3) is 5.91 Å². The van der Waals surface area contributed by atoms with Crippen molar-refractivity contribution in [1.29, 1.82) is 0 Å². The lowest BCUT2D eigenvalue weighted by molar-refractivity contribution is 0.102. The number of hydrogen-bond acceptors (Lipinski definition) is 6. The quantitative estimate of drug-likeness (QED) is 0.780. The van der Waals surface area contributed by atoms with Gasteiger partial charge in [-0.15, -0.1) is 0 Å². The van der Waals surface area contributed by atoms with Gasteiger partial charge in [-0.1, -0.05) is 11.3 Å². The zero-order valence-corrected chi connectivity index (χ0v) is 14.7. The van der Waals surface area contributed by atoms with Crippen LogP contribution in [-0.2, 0) is 0 Å². The van der Waals surface area contributed by atoms with Crippen LogP contribution >= 0.6 is 11.3 Å². The normalized spacial score (nSPS) is 14.0. The molecule has 1 saturated heterocycles. The van der Waals surface area contributed by atoms with Crippen molar-refractivity contribution < 1.29 is 4.79 Å². The van der Waals surface area contributed by atoms with E-state index in [2.05, 4.69) is 25.2 Å². The molecule has 1 amide bonds. The Bertz CT molecular complexity index is 882. The number of carbonyl (C=O) groups excluding carboxylic acids is 1. The summed E-state index contributed by atoms with van der Waals surface area (Å²) < 4.78 is 1.89. The number of nitrogens with zero attached hydrogens (tertiary/aromatic N) is 5. The standard InChI is InChI=1S/C17H18N6OS/c1-12-15(25-17(20-12)23-8-4-5-9-23)16(24)21-13-10-14(19-11-18-13)22-6-2-3-7-22/h4-5,8-11H,2-3,6-7H2,1H3,(H,18,19,21,24). The summed E-state index contributed by atoms with van der Waals surface area (Å²) in [5, 5.41) is 3.64. The summed E-state index contributed by atoms with van der Waals surface area (Å²) in [5.74, 6) is 1.17. The largest absolute Gasteiger partial charge is 0.356 e. The summed E-state index contributed by atoms with van der Waals surface area (Å²) in [6, 6.07) is 5.68. The van der Waals surface area contributed by atoms with Crippen LogP contribution in [0.5, 0.6) is 0 Å². The second-order valence-corrected chi connectivity index (χ2v) is 6.89. The van der Waals surface area contributed by atoms with Crippen LogP contribution in [0.15, 0.2) is 36.9 Å². The molecule has 0 spiro atoms. The summed E-state index contributed by atoms with van der Waals surface area (Å²) in [5.41, 5.74) is 0.708. The number of aromatic nitrogens is 4.